The number of hydrogen-bond donors (Lipinski definition) is 1. The third kappa shape index (κ3) is 1.35. The molecule has 1 aromatic carbocycles. The van der Waals surface area contributed by atoms with Crippen LogP contribution in [-0.2, 0) is 0 Å². The third-order valence-corrected chi connectivity index (χ3v) is 2.21. The molecule has 5 heteroatoms. The largest absolute Gasteiger partial charge is 0.269 e. The SMILES string of the molecule is Cc1n[nH]c(=S)n1-c1ccccc1F. The van der Waals surface area contributed by atoms with Crippen molar-refractivity contribution in [2.45, 2.75) is 6.92 Å². The van der Waals surface area contributed by atoms with Gasteiger partial charge >= 0.3 is 0 Å². The minimum Gasteiger partial charge on any atom is -0.269 e. The molecule has 2 rings (SSSR count). The zero-order valence-electron chi connectivity index (χ0n) is 7.49. The average molecular weight is 209 g/mol. The number of aryl methyl sites for hydroxylation is 1. The molecule has 0 saturated heterocycles. The predicted molar refractivity (Wildman–Crippen MR) is 53.4 cm³/mol. The first-order chi connectivity index (χ1) is 6.70. The number of benzene rings is 1. The molecule has 2 aromatic rings. The van der Waals surface area contributed by atoms with Crippen LogP contribution in [0.1, 0.15) is 5.82 Å². The first-order valence-electron chi connectivity index (χ1n) is 4.09. The first-order valence-corrected chi connectivity index (χ1v) is 4.50. The molecule has 0 amide bonds. The van der Waals surface area contributed by atoms with Crippen LogP contribution in [0.4, 0.5) is 4.39 Å². The Morgan fingerprint density at radius 3 is 2.71 bits per heavy atom. The Labute approximate surface area is 85.2 Å². The van der Waals surface area contributed by atoms with Crippen molar-refractivity contribution in [2.24, 2.45) is 0 Å². The zero-order valence-corrected chi connectivity index (χ0v) is 8.31. The number of nitrogens with zero attached hydrogens (tertiary/aromatic N) is 2. The second-order valence-electron chi connectivity index (χ2n) is 2.86. The summed E-state index contributed by atoms with van der Waals surface area (Å²) in [5.74, 6) is 0.327. The van der Waals surface area contributed by atoms with Gasteiger partial charge in [-0.3, -0.25) is 9.67 Å². The van der Waals surface area contributed by atoms with Gasteiger partial charge in [0.1, 0.15) is 11.6 Å². The topological polar surface area (TPSA) is 33.6 Å². The minimum absolute atomic E-state index is 0.312. The van der Waals surface area contributed by atoms with Gasteiger partial charge in [-0.25, -0.2) is 4.39 Å². The third-order valence-electron chi connectivity index (χ3n) is 1.93. The summed E-state index contributed by atoms with van der Waals surface area (Å²) in [6.45, 7) is 1.76. The summed E-state index contributed by atoms with van der Waals surface area (Å²) in [4.78, 5) is 0. The van der Waals surface area contributed by atoms with Gasteiger partial charge < -0.3 is 0 Å². The number of hydrogen-bond acceptors (Lipinski definition) is 2. The molecule has 0 fully saturated rings. The van der Waals surface area contributed by atoms with E-state index >= 15 is 0 Å². The first kappa shape index (κ1) is 9.08. The molecule has 0 aliphatic heterocycles. The standard InChI is InChI=1S/C9H8FN3S/c1-6-11-12-9(14)13(6)8-5-3-2-4-7(8)10/h2-5H,1H3,(H,12,14). The van der Waals surface area contributed by atoms with Crippen LogP contribution in [0.2, 0.25) is 0 Å². The van der Waals surface area contributed by atoms with Gasteiger partial charge in [-0.1, -0.05) is 12.1 Å². The number of rotatable bonds is 1. The number of para-hydroxylation sites is 1. The fourth-order valence-electron chi connectivity index (χ4n) is 1.29. The fourth-order valence-corrected chi connectivity index (χ4v) is 1.57. The van der Waals surface area contributed by atoms with Crippen LogP contribution in [0.5, 0.6) is 0 Å². The normalized spacial score (nSPS) is 10.4. The van der Waals surface area contributed by atoms with Crippen molar-refractivity contribution in [1.82, 2.24) is 14.8 Å². The van der Waals surface area contributed by atoms with Crippen molar-refractivity contribution in [3.8, 4) is 5.69 Å². The lowest BCUT2D eigenvalue weighted by atomic mass is 10.3. The van der Waals surface area contributed by atoms with Crippen molar-refractivity contribution in [2.75, 3.05) is 0 Å². The summed E-state index contributed by atoms with van der Waals surface area (Å²) in [5.41, 5.74) is 0.420. The van der Waals surface area contributed by atoms with E-state index in [2.05, 4.69) is 10.2 Å². The molecule has 0 aliphatic carbocycles. The van der Waals surface area contributed by atoms with E-state index in [4.69, 9.17) is 12.2 Å². The summed E-state index contributed by atoms with van der Waals surface area (Å²) >= 11 is 4.99. The molecule has 0 atom stereocenters. The van der Waals surface area contributed by atoms with Gasteiger partial charge in [0.2, 0.25) is 0 Å². The Morgan fingerprint density at radius 1 is 1.43 bits per heavy atom. The van der Waals surface area contributed by atoms with E-state index in [1.807, 2.05) is 0 Å². The summed E-state index contributed by atoms with van der Waals surface area (Å²) in [5, 5.41) is 6.52. The van der Waals surface area contributed by atoms with E-state index in [-0.39, 0.29) is 5.82 Å². The molecule has 14 heavy (non-hydrogen) atoms. The van der Waals surface area contributed by atoms with Gasteiger partial charge in [0.05, 0.1) is 5.69 Å². The fraction of sp³-hybridized carbons (Fsp3) is 0.111. The van der Waals surface area contributed by atoms with Gasteiger partial charge in [0, 0.05) is 0 Å². The van der Waals surface area contributed by atoms with Gasteiger partial charge in [-0.05, 0) is 31.3 Å². The molecule has 0 aliphatic rings. The molecule has 72 valence electrons. The highest BCUT2D eigenvalue weighted by Crippen LogP contribution is 2.14. The molecule has 0 saturated carbocycles. The molecule has 0 radical (unpaired) electrons. The molecule has 3 nitrogen and oxygen atoms in total. The molecule has 0 unspecified atom stereocenters. The number of aromatic amines is 1. The van der Waals surface area contributed by atoms with E-state index in [0.717, 1.165) is 0 Å². The monoisotopic (exact) mass is 209 g/mol. The summed E-state index contributed by atoms with van der Waals surface area (Å²) in [6, 6.07) is 6.45. The number of aromatic nitrogens is 3. The van der Waals surface area contributed by atoms with E-state index in [0.29, 0.717) is 16.3 Å². The maximum absolute atomic E-state index is 13.4. The van der Waals surface area contributed by atoms with Gasteiger partial charge in [0.15, 0.2) is 4.77 Å². The molecule has 1 aromatic heterocycles. The average Bonchev–Trinajstić information content (AvgIpc) is 2.48. The second kappa shape index (κ2) is 3.34. The highest BCUT2D eigenvalue weighted by molar-refractivity contribution is 7.71. The van der Waals surface area contributed by atoms with Crippen LogP contribution in [0.25, 0.3) is 5.69 Å². The predicted octanol–water partition coefficient (Wildman–Crippen LogP) is 2.38. The Morgan fingerprint density at radius 2 is 2.14 bits per heavy atom. The molecular formula is C9H8FN3S. The van der Waals surface area contributed by atoms with Gasteiger partial charge in [-0.2, -0.15) is 5.10 Å². The lowest BCUT2D eigenvalue weighted by molar-refractivity contribution is 0.616. The van der Waals surface area contributed by atoms with Crippen molar-refractivity contribution in [3.05, 3.63) is 40.7 Å². The van der Waals surface area contributed by atoms with Crippen molar-refractivity contribution in [1.29, 1.82) is 0 Å². The summed E-state index contributed by atoms with van der Waals surface area (Å²) in [7, 11) is 0. The van der Waals surface area contributed by atoms with Crippen LogP contribution in [-0.4, -0.2) is 14.8 Å². The van der Waals surface area contributed by atoms with Crippen molar-refractivity contribution < 1.29 is 4.39 Å². The zero-order chi connectivity index (χ0) is 10.1. The Kier molecular flexibility index (Phi) is 2.17. The molecule has 0 bridgehead atoms. The summed E-state index contributed by atoms with van der Waals surface area (Å²) in [6.07, 6.45) is 0. The molecule has 0 spiro atoms. The van der Waals surface area contributed by atoms with E-state index in [9.17, 15) is 4.39 Å². The lowest BCUT2D eigenvalue weighted by Crippen LogP contribution is -1.99. The van der Waals surface area contributed by atoms with Crippen LogP contribution >= 0.6 is 12.2 Å². The number of H-pyrrole nitrogens is 1. The van der Waals surface area contributed by atoms with Crippen molar-refractivity contribution in [3.63, 3.8) is 0 Å². The molecule has 1 heterocycles. The Hall–Kier alpha value is -1.49. The van der Waals surface area contributed by atoms with Gasteiger partial charge in [0.25, 0.3) is 0 Å². The minimum atomic E-state index is -0.312. The van der Waals surface area contributed by atoms with E-state index < -0.39 is 0 Å². The lowest BCUT2D eigenvalue weighted by Gasteiger charge is -2.04. The smallest absolute Gasteiger partial charge is 0.199 e. The second-order valence-corrected chi connectivity index (χ2v) is 3.25. The van der Waals surface area contributed by atoms with Crippen LogP contribution in [0.3, 0.4) is 0 Å². The summed E-state index contributed by atoms with van der Waals surface area (Å²) < 4.78 is 15.4. The van der Waals surface area contributed by atoms with Crippen LogP contribution in [0.15, 0.2) is 24.3 Å². The van der Waals surface area contributed by atoms with Gasteiger partial charge in [-0.15, -0.1) is 0 Å². The van der Waals surface area contributed by atoms with Crippen LogP contribution < -0.4 is 0 Å². The highest BCUT2D eigenvalue weighted by atomic mass is 32.1. The quantitative estimate of drug-likeness (QED) is 0.731. The number of halogens is 1. The van der Waals surface area contributed by atoms with E-state index in [1.165, 1.54) is 6.07 Å². The van der Waals surface area contributed by atoms with Crippen molar-refractivity contribution >= 4 is 12.2 Å². The molecule has 1 N–H and O–H groups in total. The molecular weight excluding hydrogens is 201 g/mol. The maximum Gasteiger partial charge on any atom is 0.199 e. The maximum atomic E-state index is 13.4. The number of nitrogens with one attached hydrogen (secondary N) is 1. The van der Waals surface area contributed by atoms with E-state index in [1.54, 1.807) is 29.7 Å². The van der Waals surface area contributed by atoms with Crippen LogP contribution in [0, 0.1) is 17.5 Å². The Balaban J connectivity index is 2.72. The highest BCUT2D eigenvalue weighted by Gasteiger charge is 2.07. The Bertz CT molecular complexity index is 515.